The van der Waals surface area contributed by atoms with Crippen LogP contribution in [0.2, 0.25) is 0 Å². The molecule has 0 aliphatic rings. The van der Waals surface area contributed by atoms with E-state index in [1.54, 1.807) is 20.1 Å². The average Bonchev–Trinajstić information content (AvgIpc) is 2.31. The average molecular weight is 220 g/mol. The van der Waals surface area contributed by atoms with Gasteiger partial charge in [0.1, 0.15) is 6.07 Å². The van der Waals surface area contributed by atoms with E-state index in [0.29, 0.717) is 18.0 Å². The Morgan fingerprint density at radius 3 is 2.75 bits per heavy atom. The summed E-state index contributed by atoms with van der Waals surface area (Å²) in [5, 5.41) is 8.67. The summed E-state index contributed by atoms with van der Waals surface area (Å²) in [5.41, 5.74) is 6.57. The van der Waals surface area contributed by atoms with Crippen molar-refractivity contribution in [3.05, 3.63) is 23.8 Å². The molecule has 16 heavy (non-hydrogen) atoms. The van der Waals surface area contributed by atoms with Gasteiger partial charge in [-0.05, 0) is 37.6 Å². The number of hydrogen-bond donors (Lipinski definition) is 1. The zero-order valence-electron chi connectivity index (χ0n) is 9.56. The lowest BCUT2D eigenvalue weighted by Gasteiger charge is -2.13. The first-order chi connectivity index (χ1) is 7.71. The molecule has 4 heteroatoms. The lowest BCUT2D eigenvalue weighted by atomic mass is 10.1. The first-order valence-electron chi connectivity index (χ1n) is 5.14. The maximum Gasteiger partial charge on any atom is 0.181 e. The molecule has 0 fully saturated rings. The molecular formula is C12H16N2O2. The Morgan fingerprint density at radius 2 is 2.19 bits per heavy atom. The predicted molar refractivity (Wildman–Crippen MR) is 61.5 cm³/mol. The van der Waals surface area contributed by atoms with Gasteiger partial charge >= 0.3 is 0 Å². The molecule has 0 aliphatic carbocycles. The largest absolute Gasteiger partial charge is 0.493 e. The highest BCUT2D eigenvalue weighted by Crippen LogP contribution is 2.28. The van der Waals surface area contributed by atoms with Crippen LogP contribution in [-0.4, -0.2) is 19.8 Å². The summed E-state index contributed by atoms with van der Waals surface area (Å²) in [7, 11) is 1.57. The summed E-state index contributed by atoms with van der Waals surface area (Å²) < 4.78 is 10.6. The molecule has 2 N–H and O–H groups in total. The molecular weight excluding hydrogens is 204 g/mol. The second-order valence-electron chi connectivity index (χ2n) is 3.41. The monoisotopic (exact) mass is 220 g/mol. The number of ether oxygens (including phenoxy) is 2. The van der Waals surface area contributed by atoms with Gasteiger partial charge in [0.15, 0.2) is 17.6 Å². The van der Waals surface area contributed by atoms with Gasteiger partial charge in [0.25, 0.3) is 0 Å². The fraction of sp³-hybridized carbons (Fsp3) is 0.417. The van der Waals surface area contributed by atoms with E-state index in [2.05, 4.69) is 0 Å². The molecule has 0 saturated heterocycles. The van der Waals surface area contributed by atoms with Crippen LogP contribution in [0.3, 0.4) is 0 Å². The molecule has 0 bridgehead atoms. The lowest BCUT2D eigenvalue weighted by Crippen LogP contribution is -2.09. The van der Waals surface area contributed by atoms with E-state index in [1.165, 1.54) is 0 Å². The van der Waals surface area contributed by atoms with Crippen molar-refractivity contribution in [2.24, 2.45) is 5.73 Å². The summed E-state index contributed by atoms with van der Waals surface area (Å²) >= 11 is 0. The van der Waals surface area contributed by atoms with Gasteiger partial charge in [0.2, 0.25) is 0 Å². The van der Waals surface area contributed by atoms with Crippen LogP contribution in [0.4, 0.5) is 0 Å². The zero-order chi connectivity index (χ0) is 12.0. The minimum Gasteiger partial charge on any atom is -0.493 e. The van der Waals surface area contributed by atoms with E-state index in [4.69, 9.17) is 20.5 Å². The Morgan fingerprint density at radius 1 is 1.44 bits per heavy atom. The number of benzene rings is 1. The first-order valence-corrected chi connectivity index (χ1v) is 5.14. The van der Waals surface area contributed by atoms with E-state index < -0.39 is 6.10 Å². The summed E-state index contributed by atoms with van der Waals surface area (Å²) in [6.45, 7) is 2.28. The molecule has 0 saturated carbocycles. The fourth-order valence-electron chi connectivity index (χ4n) is 1.35. The third-order valence-corrected chi connectivity index (χ3v) is 2.15. The molecule has 1 rings (SSSR count). The van der Waals surface area contributed by atoms with Gasteiger partial charge in [0.05, 0.1) is 7.11 Å². The normalized spacial score (nSPS) is 11.6. The van der Waals surface area contributed by atoms with E-state index in [-0.39, 0.29) is 0 Å². The van der Waals surface area contributed by atoms with Gasteiger partial charge in [-0.1, -0.05) is 6.07 Å². The summed E-state index contributed by atoms with van der Waals surface area (Å²) in [6.07, 6.45) is 0.305. The van der Waals surface area contributed by atoms with Crippen molar-refractivity contribution in [2.45, 2.75) is 19.4 Å². The standard InChI is InChI=1S/C12H16N2O2/c1-9(8-14)16-11-4-3-10(5-6-13)7-12(11)15-2/h3-4,7,9H,5-6,13H2,1-2H3. The van der Waals surface area contributed by atoms with Gasteiger partial charge in [-0.3, -0.25) is 0 Å². The minimum absolute atomic E-state index is 0.491. The maximum absolute atomic E-state index is 8.67. The van der Waals surface area contributed by atoms with E-state index in [1.807, 2.05) is 18.2 Å². The molecule has 1 aromatic rings. The second kappa shape index (κ2) is 5.99. The Kier molecular flexibility index (Phi) is 4.62. The highest BCUT2D eigenvalue weighted by atomic mass is 16.5. The molecule has 1 atom stereocenters. The second-order valence-corrected chi connectivity index (χ2v) is 3.41. The van der Waals surface area contributed by atoms with Gasteiger partial charge in [0, 0.05) is 0 Å². The van der Waals surface area contributed by atoms with Crippen LogP contribution in [0.15, 0.2) is 18.2 Å². The third-order valence-electron chi connectivity index (χ3n) is 2.15. The van der Waals surface area contributed by atoms with Crippen molar-refractivity contribution in [1.82, 2.24) is 0 Å². The number of methoxy groups -OCH3 is 1. The molecule has 0 spiro atoms. The van der Waals surface area contributed by atoms with Crippen molar-refractivity contribution in [1.29, 1.82) is 5.26 Å². The van der Waals surface area contributed by atoms with Crippen LogP contribution < -0.4 is 15.2 Å². The van der Waals surface area contributed by atoms with E-state index in [9.17, 15) is 0 Å². The topological polar surface area (TPSA) is 68.3 Å². The lowest BCUT2D eigenvalue weighted by molar-refractivity contribution is 0.260. The van der Waals surface area contributed by atoms with Crippen LogP contribution >= 0.6 is 0 Å². The van der Waals surface area contributed by atoms with Gasteiger partial charge in [-0.25, -0.2) is 0 Å². The quantitative estimate of drug-likeness (QED) is 0.816. The van der Waals surface area contributed by atoms with Crippen molar-refractivity contribution in [3.63, 3.8) is 0 Å². The number of rotatable bonds is 5. The summed E-state index contributed by atoms with van der Waals surface area (Å²) in [4.78, 5) is 0. The Hall–Kier alpha value is -1.73. The molecule has 1 unspecified atom stereocenters. The zero-order valence-corrected chi connectivity index (χ0v) is 9.56. The summed E-state index contributed by atoms with van der Waals surface area (Å²) in [6, 6.07) is 7.62. The maximum atomic E-state index is 8.67. The number of hydrogen-bond acceptors (Lipinski definition) is 4. The molecule has 0 heterocycles. The van der Waals surface area contributed by atoms with Crippen LogP contribution in [0.5, 0.6) is 11.5 Å². The van der Waals surface area contributed by atoms with Crippen LogP contribution in [0, 0.1) is 11.3 Å². The van der Waals surface area contributed by atoms with Gasteiger partial charge < -0.3 is 15.2 Å². The fourth-order valence-corrected chi connectivity index (χ4v) is 1.35. The Bertz CT molecular complexity index is 385. The number of nitrogens with two attached hydrogens (primary N) is 1. The number of nitrogens with zero attached hydrogens (tertiary/aromatic N) is 1. The van der Waals surface area contributed by atoms with Crippen molar-refractivity contribution >= 4 is 0 Å². The SMILES string of the molecule is COc1cc(CCN)ccc1OC(C)C#N. The highest BCUT2D eigenvalue weighted by molar-refractivity contribution is 5.43. The molecule has 1 aromatic carbocycles. The van der Waals surface area contributed by atoms with Gasteiger partial charge in [-0.2, -0.15) is 5.26 Å². The smallest absolute Gasteiger partial charge is 0.181 e. The van der Waals surface area contributed by atoms with Crippen molar-refractivity contribution in [3.8, 4) is 17.6 Å². The van der Waals surface area contributed by atoms with E-state index in [0.717, 1.165) is 12.0 Å². The van der Waals surface area contributed by atoms with Crippen LogP contribution in [-0.2, 0) is 6.42 Å². The molecule has 4 nitrogen and oxygen atoms in total. The number of nitriles is 1. The van der Waals surface area contributed by atoms with E-state index >= 15 is 0 Å². The van der Waals surface area contributed by atoms with Crippen molar-refractivity contribution in [2.75, 3.05) is 13.7 Å². The first kappa shape index (κ1) is 12.3. The predicted octanol–water partition coefficient (Wildman–Crippen LogP) is 1.49. The van der Waals surface area contributed by atoms with Gasteiger partial charge in [-0.15, -0.1) is 0 Å². The van der Waals surface area contributed by atoms with Crippen LogP contribution in [0.25, 0.3) is 0 Å². The molecule has 0 radical (unpaired) electrons. The minimum atomic E-state index is -0.491. The Balaban J connectivity index is 2.89. The summed E-state index contributed by atoms with van der Waals surface area (Å²) in [5.74, 6) is 1.21. The highest BCUT2D eigenvalue weighted by Gasteiger charge is 2.08. The molecule has 86 valence electrons. The van der Waals surface area contributed by atoms with Crippen LogP contribution in [0.1, 0.15) is 12.5 Å². The molecule has 0 aromatic heterocycles. The molecule has 0 aliphatic heterocycles. The third kappa shape index (κ3) is 3.14. The van der Waals surface area contributed by atoms with Crippen molar-refractivity contribution < 1.29 is 9.47 Å². The Labute approximate surface area is 95.6 Å². The molecule has 0 amide bonds.